The van der Waals surface area contributed by atoms with Gasteiger partial charge in [0.1, 0.15) is 5.76 Å². The quantitative estimate of drug-likeness (QED) is 0.749. The molecule has 0 spiro atoms. The van der Waals surface area contributed by atoms with E-state index in [4.69, 9.17) is 4.42 Å². The molecule has 1 saturated heterocycles. The molecular formula is C12H20N2O. The van der Waals surface area contributed by atoms with E-state index in [2.05, 4.69) is 10.2 Å². The number of nitrogens with one attached hydrogen (secondary N) is 1. The van der Waals surface area contributed by atoms with Crippen LogP contribution in [0.5, 0.6) is 0 Å². The second-order valence-electron chi connectivity index (χ2n) is 4.16. The van der Waals surface area contributed by atoms with Crippen LogP contribution in [0.2, 0.25) is 0 Å². The average molecular weight is 208 g/mol. The number of piperidine rings is 1. The van der Waals surface area contributed by atoms with Gasteiger partial charge in [-0.1, -0.05) is 6.42 Å². The first-order valence-corrected chi connectivity index (χ1v) is 5.90. The van der Waals surface area contributed by atoms with E-state index in [0.29, 0.717) is 0 Å². The normalized spacial score (nSPS) is 18.1. The second-order valence-corrected chi connectivity index (χ2v) is 4.16. The highest BCUT2D eigenvalue weighted by Gasteiger charge is 2.08. The van der Waals surface area contributed by atoms with Gasteiger partial charge in [-0.15, -0.1) is 0 Å². The zero-order valence-electron chi connectivity index (χ0n) is 9.24. The fourth-order valence-electron chi connectivity index (χ4n) is 2.04. The molecule has 1 aromatic rings. The van der Waals surface area contributed by atoms with Crippen LogP contribution in [0.25, 0.3) is 0 Å². The Bertz CT molecular complexity index is 253. The van der Waals surface area contributed by atoms with Gasteiger partial charge in [0, 0.05) is 13.1 Å². The van der Waals surface area contributed by atoms with Gasteiger partial charge in [0.25, 0.3) is 0 Å². The summed E-state index contributed by atoms with van der Waals surface area (Å²) in [4.78, 5) is 2.54. The first-order valence-electron chi connectivity index (χ1n) is 5.90. The fraction of sp³-hybridized carbons (Fsp3) is 0.667. The Balaban J connectivity index is 1.54. The van der Waals surface area contributed by atoms with E-state index in [1.807, 2.05) is 12.1 Å². The molecule has 1 aliphatic rings. The molecule has 1 aliphatic heterocycles. The molecule has 1 fully saturated rings. The first kappa shape index (κ1) is 10.7. The van der Waals surface area contributed by atoms with Crippen LogP contribution >= 0.6 is 0 Å². The molecule has 1 N–H and O–H groups in total. The predicted molar refractivity (Wildman–Crippen MR) is 60.7 cm³/mol. The highest BCUT2D eigenvalue weighted by Crippen LogP contribution is 2.07. The molecule has 3 heteroatoms. The summed E-state index contributed by atoms with van der Waals surface area (Å²) >= 11 is 0. The van der Waals surface area contributed by atoms with Crippen LogP contribution in [0.4, 0.5) is 0 Å². The van der Waals surface area contributed by atoms with Crippen molar-refractivity contribution in [1.82, 2.24) is 10.2 Å². The lowest BCUT2D eigenvalue weighted by molar-refractivity contribution is 0.228. The van der Waals surface area contributed by atoms with E-state index in [1.165, 1.54) is 38.9 Å². The molecule has 0 radical (unpaired) electrons. The Morgan fingerprint density at radius 2 is 2.13 bits per heavy atom. The standard InChI is InChI=1S/C12H20N2O/c1-2-7-14(8-3-1)9-6-13-11-12-5-4-10-15-12/h4-5,10,13H,1-3,6-9,11H2. The molecule has 0 aromatic carbocycles. The summed E-state index contributed by atoms with van der Waals surface area (Å²) in [6.45, 7) is 5.63. The molecule has 3 nitrogen and oxygen atoms in total. The fourth-order valence-corrected chi connectivity index (χ4v) is 2.04. The van der Waals surface area contributed by atoms with Crippen molar-refractivity contribution in [2.24, 2.45) is 0 Å². The zero-order valence-corrected chi connectivity index (χ0v) is 9.24. The maximum absolute atomic E-state index is 5.25. The first-order chi connectivity index (χ1) is 7.45. The van der Waals surface area contributed by atoms with Crippen molar-refractivity contribution < 1.29 is 4.42 Å². The maximum atomic E-state index is 5.25. The summed E-state index contributed by atoms with van der Waals surface area (Å²) < 4.78 is 5.25. The minimum atomic E-state index is 0.848. The smallest absolute Gasteiger partial charge is 0.117 e. The molecule has 0 amide bonds. The molecular weight excluding hydrogens is 188 g/mol. The number of hydrogen-bond donors (Lipinski definition) is 1. The van der Waals surface area contributed by atoms with Gasteiger partial charge in [-0.05, 0) is 38.1 Å². The number of likely N-dealkylation sites (tertiary alicyclic amines) is 1. The monoisotopic (exact) mass is 208 g/mol. The molecule has 84 valence electrons. The van der Waals surface area contributed by atoms with Crippen molar-refractivity contribution in [3.8, 4) is 0 Å². The summed E-state index contributed by atoms with van der Waals surface area (Å²) in [6.07, 6.45) is 5.88. The molecule has 0 aliphatic carbocycles. The van der Waals surface area contributed by atoms with Crippen LogP contribution in [0.3, 0.4) is 0 Å². The molecule has 2 heterocycles. The zero-order chi connectivity index (χ0) is 10.3. The maximum Gasteiger partial charge on any atom is 0.117 e. The van der Waals surface area contributed by atoms with Gasteiger partial charge in [-0.25, -0.2) is 0 Å². The Labute approximate surface area is 91.4 Å². The van der Waals surface area contributed by atoms with Gasteiger partial charge < -0.3 is 14.6 Å². The van der Waals surface area contributed by atoms with Gasteiger partial charge >= 0.3 is 0 Å². The van der Waals surface area contributed by atoms with Crippen molar-refractivity contribution in [3.05, 3.63) is 24.2 Å². The number of rotatable bonds is 5. The van der Waals surface area contributed by atoms with E-state index in [1.54, 1.807) is 6.26 Å². The van der Waals surface area contributed by atoms with Gasteiger partial charge in [0.15, 0.2) is 0 Å². The lowest BCUT2D eigenvalue weighted by Crippen LogP contribution is -2.35. The van der Waals surface area contributed by atoms with Crippen molar-refractivity contribution >= 4 is 0 Å². The lowest BCUT2D eigenvalue weighted by Gasteiger charge is -2.26. The minimum absolute atomic E-state index is 0.848. The summed E-state index contributed by atoms with van der Waals surface area (Å²) in [5, 5.41) is 3.40. The highest BCUT2D eigenvalue weighted by molar-refractivity contribution is 4.97. The van der Waals surface area contributed by atoms with E-state index in [0.717, 1.165) is 18.8 Å². The summed E-state index contributed by atoms with van der Waals surface area (Å²) in [6, 6.07) is 3.94. The SMILES string of the molecule is c1coc(CNCCN2CCCCC2)c1. The van der Waals surface area contributed by atoms with Gasteiger partial charge in [-0.3, -0.25) is 0 Å². The predicted octanol–water partition coefficient (Wildman–Crippen LogP) is 1.86. The average Bonchev–Trinajstić information content (AvgIpc) is 2.79. The van der Waals surface area contributed by atoms with Crippen LogP contribution in [-0.2, 0) is 6.54 Å². The highest BCUT2D eigenvalue weighted by atomic mass is 16.3. The van der Waals surface area contributed by atoms with Crippen LogP contribution in [0, 0.1) is 0 Å². The Morgan fingerprint density at radius 3 is 2.87 bits per heavy atom. The molecule has 2 rings (SSSR count). The van der Waals surface area contributed by atoms with Crippen LogP contribution in [-0.4, -0.2) is 31.1 Å². The molecule has 1 aromatic heterocycles. The van der Waals surface area contributed by atoms with Crippen molar-refractivity contribution in [2.45, 2.75) is 25.8 Å². The number of furan rings is 1. The molecule has 0 unspecified atom stereocenters. The van der Waals surface area contributed by atoms with Crippen molar-refractivity contribution in [2.75, 3.05) is 26.2 Å². The third-order valence-electron chi connectivity index (χ3n) is 2.93. The molecule has 15 heavy (non-hydrogen) atoms. The van der Waals surface area contributed by atoms with Crippen LogP contribution in [0.15, 0.2) is 22.8 Å². The molecule has 0 saturated carbocycles. The van der Waals surface area contributed by atoms with Crippen molar-refractivity contribution in [3.63, 3.8) is 0 Å². The Hall–Kier alpha value is -0.800. The summed E-state index contributed by atoms with van der Waals surface area (Å²) in [5.41, 5.74) is 0. The van der Waals surface area contributed by atoms with Crippen LogP contribution in [0.1, 0.15) is 25.0 Å². The van der Waals surface area contributed by atoms with Gasteiger partial charge in [-0.2, -0.15) is 0 Å². The van der Waals surface area contributed by atoms with E-state index in [-0.39, 0.29) is 0 Å². The van der Waals surface area contributed by atoms with E-state index < -0.39 is 0 Å². The lowest BCUT2D eigenvalue weighted by atomic mass is 10.1. The molecule has 0 bridgehead atoms. The topological polar surface area (TPSA) is 28.4 Å². The third kappa shape index (κ3) is 3.68. The minimum Gasteiger partial charge on any atom is -0.468 e. The Kier molecular flexibility index (Phi) is 4.23. The van der Waals surface area contributed by atoms with Gasteiger partial charge in [0.05, 0.1) is 12.8 Å². The largest absolute Gasteiger partial charge is 0.468 e. The summed E-state index contributed by atoms with van der Waals surface area (Å²) in [5.74, 6) is 1.02. The van der Waals surface area contributed by atoms with Crippen molar-refractivity contribution in [1.29, 1.82) is 0 Å². The summed E-state index contributed by atoms with van der Waals surface area (Å²) in [7, 11) is 0. The number of nitrogens with zero attached hydrogens (tertiary/aromatic N) is 1. The van der Waals surface area contributed by atoms with E-state index >= 15 is 0 Å². The Morgan fingerprint density at radius 1 is 1.27 bits per heavy atom. The van der Waals surface area contributed by atoms with E-state index in [9.17, 15) is 0 Å². The second kappa shape index (κ2) is 5.93. The van der Waals surface area contributed by atoms with Gasteiger partial charge in [0.2, 0.25) is 0 Å². The molecule has 0 atom stereocenters. The van der Waals surface area contributed by atoms with Crippen LogP contribution < -0.4 is 5.32 Å². The number of hydrogen-bond acceptors (Lipinski definition) is 3. The third-order valence-corrected chi connectivity index (χ3v) is 2.93.